The summed E-state index contributed by atoms with van der Waals surface area (Å²) < 4.78 is 0. The molecule has 0 heterocycles. The lowest BCUT2D eigenvalue weighted by Gasteiger charge is -2.54. The Balaban J connectivity index is 2.12. The summed E-state index contributed by atoms with van der Waals surface area (Å²) in [7, 11) is 0. The van der Waals surface area contributed by atoms with E-state index in [0.717, 1.165) is 12.8 Å². The minimum Gasteiger partial charge on any atom is -0.299 e. The first-order valence-corrected chi connectivity index (χ1v) is 5.06. The van der Waals surface area contributed by atoms with Gasteiger partial charge < -0.3 is 0 Å². The van der Waals surface area contributed by atoms with Gasteiger partial charge in [0.05, 0.1) is 0 Å². The molecule has 1 nitrogen and oxygen atoms in total. The number of Topliss-reactive ketones (excluding diaryl/α,β-unsaturated/α-hetero) is 1. The van der Waals surface area contributed by atoms with Gasteiger partial charge in [-0.25, -0.2) is 0 Å². The van der Waals surface area contributed by atoms with Gasteiger partial charge in [-0.2, -0.15) is 0 Å². The third-order valence-electron chi connectivity index (χ3n) is 4.00. The summed E-state index contributed by atoms with van der Waals surface area (Å²) in [6, 6.07) is 0. The van der Waals surface area contributed by atoms with Crippen LogP contribution < -0.4 is 0 Å². The normalized spacial score (nSPS) is 44.9. The molecule has 3 atom stereocenters. The molecule has 1 heteroatoms. The van der Waals surface area contributed by atoms with Crippen LogP contribution in [0, 0.1) is 23.2 Å². The smallest absolute Gasteiger partial charge is 0.139 e. The molecular formula is C11H18O. The van der Waals surface area contributed by atoms with Gasteiger partial charge in [0.2, 0.25) is 0 Å². The van der Waals surface area contributed by atoms with E-state index < -0.39 is 0 Å². The maximum atomic E-state index is 11.7. The van der Waals surface area contributed by atoms with Crippen LogP contribution in [0.5, 0.6) is 0 Å². The molecule has 0 aromatic rings. The molecule has 0 saturated heterocycles. The fourth-order valence-corrected chi connectivity index (χ4v) is 3.07. The predicted octanol–water partition coefficient (Wildman–Crippen LogP) is 2.65. The van der Waals surface area contributed by atoms with Crippen molar-refractivity contribution in [3.8, 4) is 0 Å². The highest BCUT2D eigenvalue weighted by molar-refractivity contribution is 5.85. The van der Waals surface area contributed by atoms with Gasteiger partial charge in [0, 0.05) is 11.8 Å². The monoisotopic (exact) mass is 166 g/mol. The molecule has 0 spiro atoms. The lowest BCUT2D eigenvalue weighted by atomic mass is 9.49. The van der Waals surface area contributed by atoms with Crippen LogP contribution in [0.15, 0.2) is 0 Å². The van der Waals surface area contributed by atoms with E-state index in [0.29, 0.717) is 29.0 Å². The van der Waals surface area contributed by atoms with Crippen LogP contribution in [0.3, 0.4) is 0 Å². The number of carbonyl (C=O) groups is 1. The maximum Gasteiger partial charge on any atom is 0.139 e. The largest absolute Gasteiger partial charge is 0.299 e. The first-order chi connectivity index (χ1) is 5.52. The highest BCUT2D eigenvalue weighted by atomic mass is 16.1. The van der Waals surface area contributed by atoms with Gasteiger partial charge in [0.1, 0.15) is 5.78 Å². The van der Waals surface area contributed by atoms with Gasteiger partial charge >= 0.3 is 0 Å². The summed E-state index contributed by atoms with van der Waals surface area (Å²) in [6.45, 7) is 6.69. The summed E-state index contributed by atoms with van der Waals surface area (Å²) in [5.74, 6) is 2.04. The average molecular weight is 166 g/mol. The van der Waals surface area contributed by atoms with Crippen LogP contribution in [0.25, 0.3) is 0 Å². The average Bonchev–Trinajstić information content (AvgIpc) is 1.97. The summed E-state index contributed by atoms with van der Waals surface area (Å²) in [4.78, 5) is 11.7. The fraction of sp³-hybridized carbons (Fsp3) is 0.909. The summed E-state index contributed by atoms with van der Waals surface area (Å²) in [6.07, 6.45) is 3.55. The topological polar surface area (TPSA) is 17.1 Å². The molecule has 0 aromatic heterocycles. The Kier molecular flexibility index (Phi) is 1.61. The van der Waals surface area contributed by atoms with Gasteiger partial charge in [-0.05, 0) is 30.6 Å². The number of fused-ring (bicyclic) bond motifs is 1. The molecule has 0 aliphatic heterocycles. The second-order valence-electron chi connectivity index (χ2n) is 5.29. The molecule has 2 aliphatic rings. The van der Waals surface area contributed by atoms with Crippen LogP contribution in [0.4, 0.5) is 0 Å². The fourth-order valence-electron chi connectivity index (χ4n) is 3.07. The molecule has 2 fully saturated rings. The van der Waals surface area contributed by atoms with Crippen LogP contribution in [0.2, 0.25) is 0 Å². The zero-order valence-corrected chi connectivity index (χ0v) is 8.26. The molecule has 0 amide bonds. The van der Waals surface area contributed by atoms with E-state index in [1.165, 1.54) is 6.42 Å². The Morgan fingerprint density at radius 3 is 2.58 bits per heavy atom. The maximum absolute atomic E-state index is 11.7. The molecule has 68 valence electrons. The minimum atomic E-state index is 0.349. The second-order valence-corrected chi connectivity index (χ2v) is 5.29. The lowest BCUT2D eigenvalue weighted by Crippen LogP contribution is -2.51. The van der Waals surface area contributed by atoms with Crippen LogP contribution >= 0.6 is 0 Å². The van der Waals surface area contributed by atoms with Gasteiger partial charge in [-0.1, -0.05) is 20.8 Å². The highest BCUT2D eigenvalue weighted by Gasteiger charge is 2.52. The predicted molar refractivity (Wildman–Crippen MR) is 48.8 cm³/mol. The van der Waals surface area contributed by atoms with E-state index in [4.69, 9.17) is 0 Å². The third kappa shape index (κ3) is 0.949. The van der Waals surface area contributed by atoms with Gasteiger partial charge in [-0.3, -0.25) is 4.79 Å². The number of hydrogen-bond acceptors (Lipinski definition) is 1. The molecule has 2 aliphatic carbocycles. The van der Waals surface area contributed by atoms with Gasteiger partial charge in [0.15, 0.2) is 0 Å². The van der Waals surface area contributed by atoms with Crippen LogP contribution in [-0.4, -0.2) is 5.78 Å². The van der Waals surface area contributed by atoms with Crippen molar-refractivity contribution in [1.29, 1.82) is 0 Å². The van der Waals surface area contributed by atoms with Gasteiger partial charge in [-0.15, -0.1) is 0 Å². The number of ketones is 1. The molecule has 2 rings (SSSR count). The third-order valence-corrected chi connectivity index (χ3v) is 4.00. The summed E-state index contributed by atoms with van der Waals surface area (Å²) in [5.41, 5.74) is 0.459. The van der Waals surface area contributed by atoms with Crippen molar-refractivity contribution in [3.05, 3.63) is 0 Å². The molecule has 0 bridgehead atoms. The Morgan fingerprint density at radius 2 is 2.00 bits per heavy atom. The molecule has 0 N–H and O–H groups in total. The van der Waals surface area contributed by atoms with Crippen molar-refractivity contribution in [2.75, 3.05) is 0 Å². The van der Waals surface area contributed by atoms with Crippen molar-refractivity contribution >= 4 is 5.78 Å². The molecular weight excluding hydrogens is 148 g/mol. The number of carbonyl (C=O) groups excluding carboxylic acids is 1. The molecule has 0 radical (unpaired) electrons. The van der Waals surface area contributed by atoms with E-state index >= 15 is 0 Å². The van der Waals surface area contributed by atoms with E-state index in [9.17, 15) is 4.79 Å². The second kappa shape index (κ2) is 2.34. The Bertz CT molecular complexity index is 217. The quantitative estimate of drug-likeness (QED) is 0.540. The standard InChI is InChI=1S/C11H18O/c1-7-4-5-9-8(10(7)12)6-11(9,2)3/h7-9H,4-6H2,1-3H3/t7-,8+,9-/m1/s1. The zero-order valence-electron chi connectivity index (χ0n) is 8.26. The van der Waals surface area contributed by atoms with Crippen LogP contribution in [0.1, 0.15) is 40.0 Å². The van der Waals surface area contributed by atoms with Crippen molar-refractivity contribution in [1.82, 2.24) is 0 Å². The van der Waals surface area contributed by atoms with E-state index in [1.807, 2.05) is 0 Å². The Morgan fingerprint density at radius 1 is 1.33 bits per heavy atom. The van der Waals surface area contributed by atoms with Crippen molar-refractivity contribution in [3.63, 3.8) is 0 Å². The van der Waals surface area contributed by atoms with Crippen molar-refractivity contribution in [2.24, 2.45) is 23.2 Å². The SMILES string of the molecule is C[C@@H]1CC[C@@H]2[C@H](CC2(C)C)C1=O. The Hall–Kier alpha value is -0.330. The molecule has 0 unspecified atom stereocenters. The first kappa shape index (κ1) is 8.28. The zero-order chi connectivity index (χ0) is 8.93. The molecule has 2 saturated carbocycles. The first-order valence-electron chi connectivity index (χ1n) is 5.06. The van der Waals surface area contributed by atoms with Crippen molar-refractivity contribution < 1.29 is 4.79 Å². The number of hydrogen-bond donors (Lipinski definition) is 0. The molecule has 12 heavy (non-hydrogen) atoms. The van der Waals surface area contributed by atoms with Gasteiger partial charge in [0.25, 0.3) is 0 Å². The van der Waals surface area contributed by atoms with E-state index in [-0.39, 0.29) is 0 Å². The van der Waals surface area contributed by atoms with Crippen molar-refractivity contribution in [2.45, 2.75) is 40.0 Å². The highest BCUT2D eigenvalue weighted by Crippen LogP contribution is 2.56. The van der Waals surface area contributed by atoms with E-state index in [1.54, 1.807) is 0 Å². The van der Waals surface area contributed by atoms with Crippen LogP contribution in [-0.2, 0) is 4.79 Å². The Labute approximate surface area is 74.5 Å². The molecule has 0 aromatic carbocycles. The summed E-state index contributed by atoms with van der Waals surface area (Å²) >= 11 is 0. The number of rotatable bonds is 0. The summed E-state index contributed by atoms with van der Waals surface area (Å²) in [5, 5.41) is 0. The minimum absolute atomic E-state index is 0.349. The van der Waals surface area contributed by atoms with E-state index in [2.05, 4.69) is 20.8 Å². The lowest BCUT2D eigenvalue weighted by molar-refractivity contribution is -0.147.